The molecule has 48 valence electrons. The molecule has 1 aromatic rings. The molecule has 0 aliphatic heterocycles. The molecule has 0 radical (unpaired) electrons. The molecule has 0 aromatic carbocycles. The molecule has 1 aromatic heterocycles. The SMILES string of the molecule is Cc1nc(C(=O)[S-])cs1.[K+]. The Bertz CT molecular complexity index is 235. The molecule has 2 nitrogen and oxygen atoms in total. The van der Waals surface area contributed by atoms with Gasteiger partial charge in [0.2, 0.25) is 0 Å². The maximum absolute atomic E-state index is 10.4. The largest absolute Gasteiger partial charge is 1.00 e. The van der Waals surface area contributed by atoms with Crippen LogP contribution in [0.2, 0.25) is 0 Å². The number of rotatable bonds is 1. The van der Waals surface area contributed by atoms with E-state index in [-0.39, 0.29) is 56.5 Å². The van der Waals surface area contributed by atoms with Gasteiger partial charge in [-0.25, -0.2) is 4.98 Å². The van der Waals surface area contributed by atoms with E-state index in [1.54, 1.807) is 5.38 Å². The summed E-state index contributed by atoms with van der Waals surface area (Å²) < 4.78 is 0. The molecule has 0 saturated heterocycles. The third kappa shape index (κ3) is 3.04. The van der Waals surface area contributed by atoms with E-state index in [1.165, 1.54) is 11.3 Å². The molecule has 10 heavy (non-hydrogen) atoms. The first kappa shape index (κ1) is 11.2. The van der Waals surface area contributed by atoms with Gasteiger partial charge < -0.3 is 17.4 Å². The maximum atomic E-state index is 10.4. The van der Waals surface area contributed by atoms with Gasteiger partial charge in [-0.2, -0.15) is 0 Å². The molecular weight excluding hydrogens is 193 g/mol. The van der Waals surface area contributed by atoms with E-state index in [0.717, 1.165) is 5.01 Å². The van der Waals surface area contributed by atoms with Crippen LogP contribution in [-0.4, -0.2) is 10.1 Å². The van der Waals surface area contributed by atoms with Crippen molar-refractivity contribution in [3.8, 4) is 0 Å². The molecule has 0 amide bonds. The molecule has 0 saturated carbocycles. The number of aromatic nitrogens is 1. The average molecular weight is 197 g/mol. The van der Waals surface area contributed by atoms with E-state index in [1.807, 2.05) is 6.92 Å². The summed E-state index contributed by atoms with van der Waals surface area (Å²) in [5.41, 5.74) is 0.396. The van der Waals surface area contributed by atoms with E-state index in [2.05, 4.69) is 17.6 Å². The second-order valence-electron chi connectivity index (χ2n) is 1.54. The molecule has 0 aliphatic carbocycles. The van der Waals surface area contributed by atoms with E-state index in [4.69, 9.17) is 0 Å². The van der Waals surface area contributed by atoms with Crippen LogP contribution >= 0.6 is 11.3 Å². The molecule has 0 aliphatic rings. The minimum Gasteiger partial charge on any atom is -0.735 e. The fraction of sp³-hybridized carbons (Fsp3) is 0.200. The minimum absolute atomic E-state index is 0. The molecule has 5 heteroatoms. The van der Waals surface area contributed by atoms with Crippen molar-refractivity contribution >= 4 is 29.1 Å². The predicted molar refractivity (Wildman–Crippen MR) is 38.5 cm³/mol. The van der Waals surface area contributed by atoms with Crippen LogP contribution in [0.5, 0.6) is 0 Å². The van der Waals surface area contributed by atoms with Crippen molar-refractivity contribution < 1.29 is 56.2 Å². The summed E-state index contributed by atoms with van der Waals surface area (Å²) in [6.45, 7) is 1.84. The van der Waals surface area contributed by atoms with Crippen LogP contribution in [0.15, 0.2) is 5.38 Å². The smallest absolute Gasteiger partial charge is 0.735 e. The summed E-state index contributed by atoms with van der Waals surface area (Å²) in [5, 5.41) is 2.17. The number of carbonyl (C=O) groups excluding carboxylic acids is 1. The van der Waals surface area contributed by atoms with Gasteiger partial charge in [0.05, 0.1) is 15.8 Å². The van der Waals surface area contributed by atoms with Crippen molar-refractivity contribution in [3.63, 3.8) is 0 Å². The van der Waals surface area contributed by atoms with Crippen molar-refractivity contribution in [2.24, 2.45) is 0 Å². The summed E-state index contributed by atoms with van der Waals surface area (Å²) in [6.07, 6.45) is 0. The second kappa shape index (κ2) is 4.92. The Morgan fingerprint density at radius 1 is 1.80 bits per heavy atom. The van der Waals surface area contributed by atoms with Crippen LogP contribution in [0.3, 0.4) is 0 Å². The number of hydrogen-bond donors (Lipinski definition) is 0. The average Bonchev–Trinajstić information content (AvgIpc) is 2.14. The summed E-state index contributed by atoms with van der Waals surface area (Å²) in [7, 11) is 0. The molecule has 0 unspecified atom stereocenters. The fourth-order valence-corrected chi connectivity index (χ4v) is 1.23. The monoisotopic (exact) mass is 197 g/mol. The van der Waals surface area contributed by atoms with Gasteiger partial charge in [-0.3, -0.25) is 0 Å². The van der Waals surface area contributed by atoms with Gasteiger partial charge in [-0.1, -0.05) is 0 Å². The van der Waals surface area contributed by atoms with Crippen LogP contribution in [0.4, 0.5) is 0 Å². The van der Waals surface area contributed by atoms with Gasteiger partial charge in [0, 0.05) is 5.38 Å². The van der Waals surface area contributed by atoms with Crippen LogP contribution in [0.1, 0.15) is 15.5 Å². The van der Waals surface area contributed by atoms with Crippen molar-refractivity contribution in [1.29, 1.82) is 0 Å². The van der Waals surface area contributed by atoms with Crippen molar-refractivity contribution in [2.45, 2.75) is 6.92 Å². The molecule has 0 N–H and O–H groups in total. The third-order valence-corrected chi connectivity index (χ3v) is 1.81. The first-order valence-electron chi connectivity index (χ1n) is 2.33. The Hall–Kier alpha value is 1.16. The van der Waals surface area contributed by atoms with Gasteiger partial charge in [-0.15, -0.1) is 11.3 Å². The summed E-state index contributed by atoms with van der Waals surface area (Å²) in [5.74, 6) is 0. The molecule has 0 fully saturated rings. The van der Waals surface area contributed by atoms with Gasteiger partial charge in [0.1, 0.15) is 0 Å². The first-order valence-corrected chi connectivity index (χ1v) is 3.62. The summed E-state index contributed by atoms with van der Waals surface area (Å²) in [4.78, 5) is 14.3. The van der Waals surface area contributed by atoms with Gasteiger partial charge in [0.25, 0.3) is 0 Å². The van der Waals surface area contributed by atoms with Crippen molar-refractivity contribution in [2.75, 3.05) is 0 Å². The minimum atomic E-state index is -0.376. The maximum Gasteiger partial charge on any atom is 1.00 e. The standard InChI is InChI=1S/C5H5NOS2.K/c1-3-6-4(2-9-3)5(7)8;/h2H,1H3,(H,7,8);/q;+1/p-1. The fourth-order valence-electron chi connectivity index (χ4n) is 0.457. The zero-order chi connectivity index (χ0) is 6.85. The number of nitrogens with zero attached hydrogens (tertiary/aromatic N) is 1. The Labute approximate surface area is 111 Å². The third-order valence-electron chi connectivity index (χ3n) is 0.828. The summed E-state index contributed by atoms with van der Waals surface area (Å²) in [6, 6.07) is 0. The molecule has 1 rings (SSSR count). The predicted octanol–water partition coefficient (Wildman–Crippen LogP) is -1.86. The molecule has 0 spiro atoms. The normalized spacial score (nSPS) is 8.50. The Kier molecular flexibility index (Phi) is 5.49. The number of aryl methyl sites for hydroxylation is 1. The Morgan fingerprint density at radius 2 is 2.40 bits per heavy atom. The first-order chi connectivity index (χ1) is 4.20. The Balaban J connectivity index is 0.000000810. The van der Waals surface area contributed by atoms with E-state index < -0.39 is 0 Å². The molecule has 1 heterocycles. The molecular formula is C5H4KNOS2. The molecule has 0 atom stereocenters. The van der Waals surface area contributed by atoms with Gasteiger partial charge >= 0.3 is 51.4 Å². The van der Waals surface area contributed by atoms with Gasteiger partial charge in [0.15, 0.2) is 0 Å². The van der Waals surface area contributed by atoms with Crippen LogP contribution < -0.4 is 51.4 Å². The zero-order valence-corrected chi connectivity index (χ0v) is 10.5. The Morgan fingerprint density at radius 3 is 2.60 bits per heavy atom. The quantitative estimate of drug-likeness (QED) is 0.391. The summed E-state index contributed by atoms with van der Waals surface area (Å²) >= 11 is 5.80. The van der Waals surface area contributed by atoms with E-state index in [0.29, 0.717) is 5.69 Å². The van der Waals surface area contributed by atoms with Crippen LogP contribution in [0, 0.1) is 6.92 Å². The van der Waals surface area contributed by atoms with E-state index >= 15 is 0 Å². The zero-order valence-electron chi connectivity index (χ0n) is 5.75. The van der Waals surface area contributed by atoms with E-state index in [9.17, 15) is 4.79 Å². The number of carbonyl (C=O) groups is 1. The number of thiazole rings is 1. The topological polar surface area (TPSA) is 30.0 Å². The second-order valence-corrected chi connectivity index (χ2v) is 2.97. The van der Waals surface area contributed by atoms with Crippen LogP contribution in [-0.2, 0) is 12.6 Å². The number of hydrogen-bond acceptors (Lipinski definition) is 4. The van der Waals surface area contributed by atoms with Crippen molar-refractivity contribution in [3.05, 3.63) is 16.1 Å². The van der Waals surface area contributed by atoms with Crippen LogP contribution in [0.25, 0.3) is 0 Å². The molecule has 0 bridgehead atoms. The van der Waals surface area contributed by atoms with Gasteiger partial charge in [-0.05, 0) is 6.92 Å². The van der Waals surface area contributed by atoms with Crippen molar-refractivity contribution in [1.82, 2.24) is 4.98 Å².